The van der Waals surface area contributed by atoms with E-state index < -0.39 is 8.56 Å². The van der Waals surface area contributed by atoms with Gasteiger partial charge in [0.05, 0.1) is 0 Å². The summed E-state index contributed by atoms with van der Waals surface area (Å²) in [6.07, 6.45) is 3.87. The van der Waals surface area contributed by atoms with Gasteiger partial charge in [0.1, 0.15) is 23.1 Å². The molecule has 0 atom stereocenters. The van der Waals surface area contributed by atoms with Gasteiger partial charge in [0.25, 0.3) is 0 Å². The van der Waals surface area contributed by atoms with Gasteiger partial charge in [0, 0.05) is 164 Å². The van der Waals surface area contributed by atoms with Gasteiger partial charge in [-0.3, -0.25) is 28.8 Å². The fourth-order valence-electron chi connectivity index (χ4n) is 5.18. The van der Waals surface area contributed by atoms with Crippen molar-refractivity contribution >= 4 is 94.0 Å². The molecule has 4 N–H and O–H groups in total. The molecule has 0 unspecified atom stereocenters. The number of hydrogen-bond donors (Lipinski definition) is 8. The molecule has 0 radical (unpaired) electrons. The van der Waals surface area contributed by atoms with E-state index in [-0.39, 0.29) is 88.0 Å². The van der Waals surface area contributed by atoms with Crippen LogP contribution in [-0.2, 0) is 62.9 Å². The van der Waals surface area contributed by atoms with Crippen LogP contribution in [0.1, 0.15) is 70.6 Å². The van der Waals surface area contributed by atoms with Gasteiger partial charge in [-0.1, -0.05) is 0 Å². The number of carbonyl (C=O) groups excluding carboxylic acids is 6. The number of Topliss-reactive ketones (excluding diaryl/α,β-unsaturated/α-hetero) is 4. The summed E-state index contributed by atoms with van der Waals surface area (Å²) in [4.78, 5) is 99.5. The molecule has 0 aromatic heterocycles. The van der Waals surface area contributed by atoms with E-state index in [4.69, 9.17) is 0 Å². The number of carbonyl (C=O) groups is 6. The Bertz CT molecular complexity index is 956. The molecule has 0 fully saturated rings. The predicted molar refractivity (Wildman–Crippen MR) is 222 cm³/mol. The molecular formula is C34H65Fe2N5O8S4Si. The maximum Gasteiger partial charge on any atom is 0.329 e. The minimum absolute atomic E-state index is 0. The van der Waals surface area contributed by atoms with E-state index in [2.05, 4.69) is 61.1 Å². The largest absolute Gasteiger partial charge is 0.411 e. The van der Waals surface area contributed by atoms with E-state index in [1.807, 2.05) is 14.7 Å². The number of amides is 2. The van der Waals surface area contributed by atoms with Crippen LogP contribution < -0.4 is 10.6 Å². The molecule has 54 heavy (non-hydrogen) atoms. The van der Waals surface area contributed by atoms with Crippen LogP contribution in [0.3, 0.4) is 0 Å². The number of hydrogen-bond acceptors (Lipinski definition) is 15. The fourth-order valence-corrected chi connectivity index (χ4v) is 7.00. The van der Waals surface area contributed by atoms with E-state index in [1.54, 1.807) is 0 Å². The van der Waals surface area contributed by atoms with Gasteiger partial charge in [-0.05, 0) is 48.6 Å². The standard InChI is InChI=1S/C34H65N5O8S4Si.2Fe/c1-52(46,47)28-2-15-37(20-7-33(44)35-13-22-38(16-3-29(40)9-24-48)17-4-30(41)10-25-49)21-8-34(45)36-14-23-39(18-5-31(42)11-26-50)19-6-32(43)12-27-51;;/h46-51H,2-28H2,1H3,(H,35,44)(H,36,45);;. The van der Waals surface area contributed by atoms with Gasteiger partial charge in [-0.15, -0.1) is 0 Å². The smallest absolute Gasteiger partial charge is 0.329 e. The molecular weight excluding hydrogens is 874 g/mol. The van der Waals surface area contributed by atoms with Crippen LogP contribution in [0.5, 0.6) is 0 Å². The number of nitrogens with zero attached hydrogens (tertiary/aromatic N) is 3. The first-order valence-electron chi connectivity index (χ1n) is 18.4. The molecule has 0 heterocycles. The monoisotopic (exact) mass is 939 g/mol. The van der Waals surface area contributed by atoms with Crippen LogP contribution in [-0.4, -0.2) is 163 Å². The average molecular weight is 940 g/mol. The van der Waals surface area contributed by atoms with E-state index >= 15 is 0 Å². The average Bonchev–Trinajstić information content (AvgIpc) is 3.07. The SMILES string of the molecule is C[Si](O)(O)CCCN(CCC(=O)NCCN(CCC(=O)CCS)CCC(=O)CCS)CCC(=O)NCCN(CCC(=O)CCS)CCC(=O)CCS.[Fe].[Fe]. The summed E-state index contributed by atoms with van der Waals surface area (Å²) in [6.45, 7) is 6.36. The van der Waals surface area contributed by atoms with E-state index in [1.165, 1.54) is 6.55 Å². The molecule has 0 aliphatic carbocycles. The van der Waals surface area contributed by atoms with Gasteiger partial charge in [0.15, 0.2) is 0 Å². The second-order valence-electron chi connectivity index (χ2n) is 13.1. The van der Waals surface area contributed by atoms with Crippen molar-refractivity contribution in [3.8, 4) is 0 Å². The Labute approximate surface area is 367 Å². The third-order valence-electron chi connectivity index (χ3n) is 8.33. The number of ketones is 4. The van der Waals surface area contributed by atoms with E-state index in [0.29, 0.717) is 153 Å². The van der Waals surface area contributed by atoms with Crippen molar-refractivity contribution in [2.75, 3.05) is 95.0 Å². The third-order valence-corrected chi connectivity index (χ3v) is 10.5. The Morgan fingerprint density at radius 2 is 0.741 bits per heavy atom. The van der Waals surface area contributed by atoms with Gasteiger partial charge >= 0.3 is 8.56 Å². The molecule has 0 aromatic carbocycles. The normalized spacial score (nSPS) is 11.3. The summed E-state index contributed by atoms with van der Waals surface area (Å²) < 4.78 is 0. The van der Waals surface area contributed by atoms with Crippen molar-refractivity contribution in [1.29, 1.82) is 0 Å². The molecule has 20 heteroatoms. The Morgan fingerprint density at radius 3 is 1.02 bits per heavy atom. The number of thiol groups is 4. The zero-order valence-corrected chi connectivity index (χ0v) is 38.6. The Morgan fingerprint density at radius 1 is 0.463 bits per heavy atom. The first kappa shape index (κ1) is 58.4. The maximum atomic E-state index is 12.8. The van der Waals surface area contributed by atoms with Crippen LogP contribution in [0.2, 0.25) is 12.6 Å². The first-order valence-corrected chi connectivity index (χ1v) is 23.5. The zero-order chi connectivity index (χ0) is 39.2. The van der Waals surface area contributed by atoms with Crippen molar-refractivity contribution in [3.63, 3.8) is 0 Å². The van der Waals surface area contributed by atoms with E-state index in [9.17, 15) is 38.4 Å². The topological polar surface area (TPSA) is 177 Å². The molecule has 0 saturated carbocycles. The molecule has 0 saturated heterocycles. The molecule has 13 nitrogen and oxygen atoms in total. The third kappa shape index (κ3) is 36.4. The van der Waals surface area contributed by atoms with Crippen LogP contribution in [0.4, 0.5) is 0 Å². The summed E-state index contributed by atoms with van der Waals surface area (Å²) in [5, 5.41) is 5.84. The van der Waals surface area contributed by atoms with Crippen LogP contribution in [0, 0.1) is 0 Å². The second kappa shape index (κ2) is 37.4. The van der Waals surface area contributed by atoms with Crippen molar-refractivity contribution in [2.45, 2.75) is 83.2 Å². The minimum Gasteiger partial charge on any atom is -0.411 e. The first-order chi connectivity index (χ1) is 24.7. The van der Waals surface area contributed by atoms with E-state index in [0.717, 1.165) is 0 Å². The maximum absolute atomic E-state index is 12.8. The molecule has 318 valence electrons. The Kier molecular flexibility index (Phi) is 40.4. The predicted octanol–water partition coefficient (Wildman–Crippen LogP) is 1.46. The zero-order valence-electron chi connectivity index (χ0n) is 31.8. The van der Waals surface area contributed by atoms with Crippen molar-refractivity contribution in [3.05, 3.63) is 0 Å². The molecule has 0 aliphatic rings. The van der Waals surface area contributed by atoms with Crippen LogP contribution >= 0.6 is 50.5 Å². The minimum atomic E-state index is -3.24. The van der Waals surface area contributed by atoms with Crippen molar-refractivity contribution in [1.82, 2.24) is 25.3 Å². The van der Waals surface area contributed by atoms with Gasteiger partial charge in [-0.25, -0.2) is 0 Å². The van der Waals surface area contributed by atoms with Crippen molar-refractivity contribution < 1.29 is 72.5 Å². The summed E-state index contributed by atoms with van der Waals surface area (Å²) in [6, 6.07) is 0.271. The van der Waals surface area contributed by atoms with Crippen LogP contribution in [0.15, 0.2) is 0 Å². The Balaban J connectivity index is -0.0000130. The molecule has 0 bridgehead atoms. The molecule has 0 aromatic rings. The number of nitrogens with one attached hydrogen (secondary N) is 2. The summed E-state index contributed by atoms with van der Waals surface area (Å²) in [7, 11) is -3.24. The van der Waals surface area contributed by atoms with Gasteiger partial charge < -0.3 is 34.9 Å². The summed E-state index contributed by atoms with van der Waals surface area (Å²) in [5.41, 5.74) is 0. The molecule has 2 amide bonds. The summed E-state index contributed by atoms with van der Waals surface area (Å²) in [5.74, 6) is 2.02. The van der Waals surface area contributed by atoms with Crippen molar-refractivity contribution in [2.24, 2.45) is 0 Å². The van der Waals surface area contributed by atoms with Gasteiger partial charge in [-0.2, -0.15) is 50.5 Å². The quantitative estimate of drug-likeness (QED) is 0.0338. The molecule has 0 spiro atoms. The Hall–Kier alpha value is 0.0758. The molecule has 0 aliphatic heterocycles. The fraction of sp³-hybridized carbons (Fsp3) is 0.824. The van der Waals surface area contributed by atoms with Gasteiger partial charge in [0.2, 0.25) is 11.8 Å². The molecule has 0 rings (SSSR count). The second-order valence-corrected chi connectivity index (χ2v) is 17.8. The van der Waals surface area contributed by atoms with Crippen LogP contribution in [0.25, 0.3) is 0 Å². The summed E-state index contributed by atoms with van der Waals surface area (Å²) >= 11 is 16.5. The number of rotatable bonds is 36.